The largest absolute Gasteiger partial charge is 0.333 e. The Hall–Kier alpha value is -1.61. The molecular weight excluding hydrogens is 198 g/mol. The van der Waals surface area contributed by atoms with E-state index >= 15 is 0 Å². The molecule has 16 heavy (non-hydrogen) atoms. The van der Waals surface area contributed by atoms with Crippen LogP contribution in [0.2, 0.25) is 0 Å². The molecule has 84 valence electrons. The number of aromatic nitrogens is 2. The maximum Gasteiger partial charge on any atom is 0.0948 e. The van der Waals surface area contributed by atoms with Crippen LogP contribution >= 0.6 is 0 Å². The summed E-state index contributed by atoms with van der Waals surface area (Å²) in [6.45, 7) is 3.12. The quantitative estimate of drug-likeness (QED) is 0.850. The van der Waals surface area contributed by atoms with Gasteiger partial charge in [0, 0.05) is 6.54 Å². The average Bonchev–Trinajstić information content (AvgIpc) is 2.78. The Kier molecular flexibility index (Phi) is 3.37. The molecule has 0 bridgehead atoms. The number of hydrogen-bond acceptors (Lipinski definition) is 2. The van der Waals surface area contributed by atoms with Gasteiger partial charge in [0.25, 0.3) is 0 Å². The van der Waals surface area contributed by atoms with Crippen LogP contribution in [-0.2, 0) is 6.54 Å². The summed E-state index contributed by atoms with van der Waals surface area (Å²) in [5.74, 6) is 0. The van der Waals surface area contributed by atoms with Crippen molar-refractivity contribution in [2.75, 3.05) is 0 Å². The normalized spacial score (nSPS) is 12.6. The molecule has 1 atom stereocenters. The van der Waals surface area contributed by atoms with Crippen molar-refractivity contribution in [1.82, 2.24) is 9.55 Å². The average molecular weight is 215 g/mol. The third-order valence-electron chi connectivity index (χ3n) is 2.69. The van der Waals surface area contributed by atoms with E-state index in [-0.39, 0.29) is 6.04 Å². The lowest BCUT2D eigenvalue weighted by molar-refractivity contribution is 0.625. The first kappa shape index (κ1) is 10.9. The van der Waals surface area contributed by atoms with Crippen LogP contribution in [-0.4, -0.2) is 9.55 Å². The summed E-state index contributed by atoms with van der Waals surface area (Å²) < 4.78 is 2.12. The van der Waals surface area contributed by atoms with Gasteiger partial charge in [0.1, 0.15) is 0 Å². The fraction of sp³-hybridized carbons (Fsp3) is 0.308. The molecule has 2 N–H and O–H groups in total. The highest BCUT2D eigenvalue weighted by molar-refractivity contribution is 5.26. The van der Waals surface area contributed by atoms with E-state index in [4.69, 9.17) is 5.73 Å². The van der Waals surface area contributed by atoms with Crippen molar-refractivity contribution in [2.45, 2.75) is 25.9 Å². The zero-order valence-electron chi connectivity index (χ0n) is 9.50. The zero-order chi connectivity index (χ0) is 11.4. The Balaban J connectivity index is 2.27. The minimum Gasteiger partial charge on any atom is -0.333 e. The Morgan fingerprint density at radius 2 is 2.06 bits per heavy atom. The number of hydrogen-bond donors (Lipinski definition) is 1. The van der Waals surface area contributed by atoms with E-state index in [1.807, 2.05) is 42.9 Å². The van der Waals surface area contributed by atoms with E-state index in [1.165, 1.54) is 0 Å². The number of nitrogens with zero attached hydrogens (tertiary/aromatic N) is 2. The van der Waals surface area contributed by atoms with Gasteiger partial charge in [-0.1, -0.05) is 37.3 Å². The third kappa shape index (κ3) is 2.14. The van der Waals surface area contributed by atoms with Gasteiger partial charge in [-0.3, -0.25) is 0 Å². The summed E-state index contributed by atoms with van der Waals surface area (Å²) >= 11 is 0. The predicted molar refractivity (Wildman–Crippen MR) is 65.0 cm³/mol. The molecule has 0 aliphatic carbocycles. The van der Waals surface area contributed by atoms with Gasteiger partial charge >= 0.3 is 0 Å². The van der Waals surface area contributed by atoms with Gasteiger partial charge in [-0.05, 0) is 12.0 Å². The van der Waals surface area contributed by atoms with Crippen molar-refractivity contribution < 1.29 is 0 Å². The van der Waals surface area contributed by atoms with Crippen molar-refractivity contribution in [3.05, 3.63) is 54.1 Å². The van der Waals surface area contributed by atoms with Crippen LogP contribution in [0.15, 0.2) is 42.9 Å². The van der Waals surface area contributed by atoms with Crippen molar-refractivity contribution >= 4 is 0 Å². The molecule has 1 unspecified atom stereocenters. The highest BCUT2D eigenvalue weighted by Crippen LogP contribution is 2.18. The van der Waals surface area contributed by atoms with Crippen LogP contribution < -0.4 is 5.73 Å². The van der Waals surface area contributed by atoms with E-state index in [2.05, 4.69) is 16.5 Å². The van der Waals surface area contributed by atoms with E-state index in [1.54, 1.807) is 0 Å². The van der Waals surface area contributed by atoms with Gasteiger partial charge < -0.3 is 10.3 Å². The highest BCUT2D eigenvalue weighted by atomic mass is 15.1. The van der Waals surface area contributed by atoms with Crippen LogP contribution in [0.25, 0.3) is 0 Å². The second-order valence-electron chi connectivity index (χ2n) is 3.90. The number of rotatable bonds is 4. The fourth-order valence-corrected chi connectivity index (χ4v) is 1.85. The highest BCUT2D eigenvalue weighted by Gasteiger charge is 2.12. The first-order valence-electron chi connectivity index (χ1n) is 5.63. The van der Waals surface area contributed by atoms with E-state index in [9.17, 15) is 0 Å². The lowest BCUT2D eigenvalue weighted by Crippen LogP contribution is -2.16. The van der Waals surface area contributed by atoms with E-state index in [0.717, 1.165) is 24.2 Å². The monoisotopic (exact) mass is 215 g/mol. The van der Waals surface area contributed by atoms with Crippen molar-refractivity contribution in [2.24, 2.45) is 5.73 Å². The third-order valence-corrected chi connectivity index (χ3v) is 2.69. The summed E-state index contributed by atoms with van der Waals surface area (Å²) in [5.41, 5.74) is 8.43. The summed E-state index contributed by atoms with van der Waals surface area (Å²) in [5, 5.41) is 0. The molecular formula is C13H17N3. The molecule has 0 saturated carbocycles. The molecule has 2 rings (SSSR count). The van der Waals surface area contributed by atoms with Crippen molar-refractivity contribution in [3.63, 3.8) is 0 Å². The minimum absolute atomic E-state index is 0.0877. The van der Waals surface area contributed by atoms with Gasteiger partial charge in [-0.2, -0.15) is 0 Å². The summed E-state index contributed by atoms with van der Waals surface area (Å²) in [4.78, 5) is 4.17. The van der Waals surface area contributed by atoms with Gasteiger partial charge in [0.05, 0.1) is 24.3 Å². The molecule has 3 nitrogen and oxygen atoms in total. The lowest BCUT2D eigenvalue weighted by atomic mass is 10.1. The molecule has 3 heteroatoms. The standard InChI is InChI=1S/C13H17N3/c1-2-8-16-10-15-9-12(16)13(14)11-6-4-3-5-7-11/h3-7,9-10,13H,2,8,14H2,1H3. The van der Waals surface area contributed by atoms with E-state index in [0.29, 0.717) is 0 Å². The number of nitrogens with two attached hydrogens (primary N) is 1. The molecule has 1 heterocycles. The molecule has 1 aromatic carbocycles. The molecule has 0 aliphatic heterocycles. The molecule has 1 aromatic heterocycles. The molecule has 0 saturated heterocycles. The summed E-state index contributed by atoms with van der Waals surface area (Å²) in [6.07, 6.45) is 4.79. The van der Waals surface area contributed by atoms with Gasteiger partial charge in [-0.15, -0.1) is 0 Å². The van der Waals surface area contributed by atoms with Gasteiger partial charge in [-0.25, -0.2) is 4.98 Å². The topological polar surface area (TPSA) is 43.8 Å². The molecule has 0 amide bonds. The fourth-order valence-electron chi connectivity index (χ4n) is 1.85. The predicted octanol–water partition coefficient (Wildman–Crippen LogP) is 2.34. The Morgan fingerprint density at radius 1 is 1.31 bits per heavy atom. The first-order valence-corrected chi connectivity index (χ1v) is 5.63. The second-order valence-corrected chi connectivity index (χ2v) is 3.90. The lowest BCUT2D eigenvalue weighted by Gasteiger charge is -2.14. The van der Waals surface area contributed by atoms with Crippen LogP contribution in [0.1, 0.15) is 30.6 Å². The van der Waals surface area contributed by atoms with Crippen molar-refractivity contribution in [1.29, 1.82) is 0 Å². The minimum atomic E-state index is -0.0877. The molecule has 0 aliphatic rings. The number of benzene rings is 1. The van der Waals surface area contributed by atoms with E-state index < -0.39 is 0 Å². The maximum absolute atomic E-state index is 6.23. The van der Waals surface area contributed by atoms with Gasteiger partial charge in [0.15, 0.2) is 0 Å². The van der Waals surface area contributed by atoms with Gasteiger partial charge in [0.2, 0.25) is 0 Å². The van der Waals surface area contributed by atoms with Crippen LogP contribution in [0.3, 0.4) is 0 Å². The van der Waals surface area contributed by atoms with Crippen LogP contribution in [0.4, 0.5) is 0 Å². The Morgan fingerprint density at radius 3 is 2.75 bits per heavy atom. The number of imidazole rings is 1. The van der Waals surface area contributed by atoms with Crippen LogP contribution in [0, 0.1) is 0 Å². The zero-order valence-corrected chi connectivity index (χ0v) is 9.50. The van der Waals surface area contributed by atoms with Crippen molar-refractivity contribution in [3.8, 4) is 0 Å². The number of aryl methyl sites for hydroxylation is 1. The summed E-state index contributed by atoms with van der Waals surface area (Å²) in [6, 6.07) is 10.0. The molecule has 0 radical (unpaired) electrons. The van der Waals surface area contributed by atoms with Crippen LogP contribution in [0.5, 0.6) is 0 Å². The maximum atomic E-state index is 6.23. The molecule has 0 fully saturated rings. The molecule has 0 spiro atoms. The SMILES string of the molecule is CCCn1cncc1C(N)c1ccccc1. The smallest absolute Gasteiger partial charge is 0.0948 e. The molecule has 2 aromatic rings. The first-order chi connectivity index (χ1) is 7.83. The Bertz CT molecular complexity index is 433. The Labute approximate surface area is 95.9 Å². The second kappa shape index (κ2) is 4.94. The summed E-state index contributed by atoms with van der Waals surface area (Å²) in [7, 11) is 0.